The molecule has 0 nitrogen and oxygen atoms in total. The molecule has 19 heavy (non-hydrogen) atoms. The predicted molar refractivity (Wildman–Crippen MR) is 73.3 cm³/mol. The molecular formula is C14H9BrClF3. The smallest absolute Gasteiger partial charge is 0.142 e. The molecule has 2 aromatic carbocycles. The molecular weight excluding hydrogens is 341 g/mol. The fourth-order valence-electron chi connectivity index (χ4n) is 1.74. The second kappa shape index (κ2) is 5.55. The third-order valence-corrected chi connectivity index (χ3v) is 4.19. The number of hydrogen-bond donors (Lipinski definition) is 0. The third-order valence-electron chi connectivity index (χ3n) is 2.81. The van der Waals surface area contributed by atoms with Crippen LogP contribution < -0.4 is 0 Å². The summed E-state index contributed by atoms with van der Waals surface area (Å²) in [5, 5.41) is -0.107. The van der Waals surface area contributed by atoms with E-state index < -0.39 is 22.3 Å². The number of aryl methyl sites for hydroxylation is 1. The van der Waals surface area contributed by atoms with E-state index in [1.807, 2.05) is 0 Å². The molecule has 1 atom stereocenters. The van der Waals surface area contributed by atoms with Gasteiger partial charge in [0.25, 0.3) is 0 Å². The molecule has 0 heterocycles. The van der Waals surface area contributed by atoms with Crippen LogP contribution in [0.2, 0.25) is 5.02 Å². The molecule has 0 aliphatic heterocycles. The zero-order valence-electron chi connectivity index (χ0n) is 9.85. The average Bonchev–Trinajstić information content (AvgIpc) is 2.36. The number of benzene rings is 2. The molecule has 0 aliphatic carbocycles. The molecule has 0 saturated carbocycles. The van der Waals surface area contributed by atoms with Crippen LogP contribution in [0.4, 0.5) is 13.2 Å². The molecule has 0 spiro atoms. The first kappa shape index (κ1) is 14.4. The Morgan fingerprint density at radius 1 is 1.00 bits per heavy atom. The SMILES string of the molecule is Cc1cc(F)c(C(Br)c2cccc(F)c2Cl)cc1F. The van der Waals surface area contributed by atoms with Crippen LogP contribution in [0, 0.1) is 24.4 Å². The minimum absolute atomic E-state index is 0.0793. The number of halogens is 5. The van der Waals surface area contributed by atoms with Gasteiger partial charge < -0.3 is 0 Å². The Hall–Kier alpha value is -1.00. The highest BCUT2D eigenvalue weighted by Gasteiger charge is 2.20. The largest absolute Gasteiger partial charge is 0.207 e. The van der Waals surface area contributed by atoms with Crippen LogP contribution in [0.5, 0.6) is 0 Å². The summed E-state index contributed by atoms with van der Waals surface area (Å²) in [5.74, 6) is -1.69. The predicted octanol–water partition coefficient (Wildman–Crippen LogP) is 5.55. The Kier molecular flexibility index (Phi) is 4.21. The zero-order chi connectivity index (χ0) is 14.2. The molecule has 0 aliphatic rings. The van der Waals surface area contributed by atoms with Gasteiger partial charge in [-0.3, -0.25) is 0 Å². The molecule has 0 aromatic heterocycles. The van der Waals surface area contributed by atoms with Crippen LogP contribution in [0.3, 0.4) is 0 Å². The summed E-state index contributed by atoms with van der Waals surface area (Å²) in [6.45, 7) is 1.47. The lowest BCUT2D eigenvalue weighted by molar-refractivity contribution is 0.581. The average molecular weight is 350 g/mol. The van der Waals surface area contributed by atoms with Crippen molar-refractivity contribution in [2.75, 3.05) is 0 Å². The molecule has 0 radical (unpaired) electrons. The summed E-state index contributed by atoms with van der Waals surface area (Å²) in [4.78, 5) is -0.717. The maximum absolute atomic E-state index is 13.9. The van der Waals surface area contributed by atoms with Crippen molar-refractivity contribution in [2.24, 2.45) is 0 Å². The lowest BCUT2D eigenvalue weighted by atomic mass is 10.0. The summed E-state index contributed by atoms with van der Waals surface area (Å²) in [6.07, 6.45) is 0. The van der Waals surface area contributed by atoms with Crippen LogP contribution in [0.1, 0.15) is 21.5 Å². The molecule has 5 heteroatoms. The Balaban J connectivity index is 2.53. The van der Waals surface area contributed by atoms with E-state index in [0.717, 1.165) is 12.1 Å². The van der Waals surface area contributed by atoms with Gasteiger partial charge in [0.05, 0.1) is 9.85 Å². The Morgan fingerprint density at radius 3 is 2.37 bits per heavy atom. The molecule has 1 unspecified atom stereocenters. The van der Waals surface area contributed by atoms with Crippen molar-refractivity contribution < 1.29 is 13.2 Å². The summed E-state index contributed by atoms with van der Waals surface area (Å²) in [6, 6.07) is 6.42. The van der Waals surface area contributed by atoms with E-state index in [4.69, 9.17) is 11.6 Å². The van der Waals surface area contributed by atoms with Crippen molar-refractivity contribution in [3.8, 4) is 0 Å². The molecule has 0 amide bonds. The third kappa shape index (κ3) is 2.79. The number of rotatable bonds is 2. The summed E-state index contributed by atoms with van der Waals surface area (Å²) < 4.78 is 40.8. The lowest BCUT2D eigenvalue weighted by Gasteiger charge is -2.14. The minimum Gasteiger partial charge on any atom is -0.207 e. The molecule has 2 rings (SSSR count). The fourth-order valence-corrected chi connectivity index (χ4v) is 2.84. The van der Waals surface area contributed by atoms with Crippen molar-refractivity contribution in [3.05, 3.63) is 69.5 Å². The normalized spacial score (nSPS) is 12.5. The molecule has 2 aromatic rings. The Morgan fingerprint density at radius 2 is 1.68 bits per heavy atom. The van der Waals surface area contributed by atoms with Crippen LogP contribution in [-0.4, -0.2) is 0 Å². The van der Waals surface area contributed by atoms with E-state index in [1.165, 1.54) is 19.1 Å². The van der Waals surface area contributed by atoms with Crippen molar-refractivity contribution >= 4 is 27.5 Å². The fraction of sp³-hybridized carbons (Fsp3) is 0.143. The second-order valence-corrected chi connectivity index (χ2v) is 5.42. The van der Waals surface area contributed by atoms with Crippen molar-refractivity contribution in [3.63, 3.8) is 0 Å². The Bertz CT molecular complexity index is 628. The standard InChI is InChI=1S/C14H9BrClF3/c1-7-5-12(19)9(6-11(7)18)13(15)8-3-2-4-10(17)14(8)16/h2-6,13H,1H3. The zero-order valence-corrected chi connectivity index (χ0v) is 12.2. The van der Waals surface area contributed by atoms with E-state index in [0.29, 0.717) is 5.56 Å². The van der Waals surface area contributed by atoms with E-state index in [1.54, 1.807) is 6.07 Å². The second-order valence-electron chi connectivity index (χ2n) is 4.13. The van der Waals surface area contributed by atoms with Crippen LogP contribution in [-0.2, 0) is 0 Å². The monoisotopic (exact) mass is 348 g/mol. The highest BCUT2D eigenvalue weighted by molar-refractivity contribution is 9.09. The van der Waals surface area contributed by atoms with E-state index in [9.17, 15) is 13.2 Å². The van der Waals surface area contributed by atoms with Crippen molar-refractivity contribution in [1.82, 2.24) is 0 Å². The first-order valence-corrected chi connectivity index (χ1v) is 6.74. The van der Waals surface area contributed by atoms with Gasteiger partial charge in [-0.2, -0.15) is 0 Å². The summed E-state index contributed by atoms with van der Waals surface area (Å²) in [7, 11) is 0. The van der Waals surface area contributed by atoms with Crippen LogP contribution >= 0.6 is 27.5 Å². The lowest BCUT2D eigenvalue weighted by Crippen LogP contribution is -2.01. The summed E-state index contributed by atoms with van der Waals surface area (Å²) in [5.41, 5.74) is 0.644. The van der Waals surface area contributed by atoms with Crippen molar-refractivity contribution in [1.29, 1.82) is 0 Å². The van der Waals surface area contributed by atoms with E-state index >= 15 is 0 Å². The van der Waals surface area contributed by atoms with Gasteiger partial charge in [0, 0.05) is 5.56 Å². The number of hydrogen-bond acceptors (Lipinski definition) is 0. The maximum Gasteiger partial charge on any atom is 0.142 e. The van der Waals surface area contributed by atoms with Gasteiger partial charge in [-0.05, 0) is 36.2 Å². The molecule has 0 bridgehead atoms. The minimum atomic E-state index is -0.717. The highest BCUT2D eigenvalue weighted by Crippen LogP contribution is 2.37. The maximum atomic E-state index is 13.9. The van der Waals surface area contributed by atoms with Gasteiger partial charge in [0.1, 0.15) is 17.5 Å². The van der Waals surface area contributed by atoms with Gasteiger partial charge in [0.15, 0.2) is 0 Å². The molecule has 0 N–H and O–H groups in total. The van der Waals surface area contributed by atoms with Gasteiger partial charge in [0.2, 0.25) is 0 Å². The van der Waals surface area contributed by atoms with E-state index in [2.05, 4.69) is 15.9 Å². The first-order valence-electron chi connectivity index (χ1n) is 5.45. The quantitative estimate of drug-likeness (QED) is 0.624. The van der Waals surface area contributed by atoms with Gasteiger partial charge in [-0.25, -0.2) is 13.2 Å². The van der Waals surface area contributed by atoms with E-state index in [-0.39, 0.29) is 16.1 Å². The van der Waals surface area contributed by atoms with Gasteiger partial charge in [-0.15, -0.1) is 0 Å². The molecule has 100 valence electrons. The highest BCUT2D eigenvalue weighted by atomic mass is 79.9. The van der Waals surface area contributed by atoms with Gasteiger partial charge >= 0.3 is 0 Å². The van der Waals surface area contributed by atoms with Crippen molar-refractivity contribution in [2.45, 2.75) is 11.8 Å². The topological polar surface area (TPSA) is 0 Å². The first-order chi connectivity index (χ1) is 8.91. The van der Waals surface area contributed by atoms with Gasteiger partial charge in [-0.1, -0.05) is 39.7 Å². The van der Waals surface area contributed by atoms with Crippen LogP contribution in [0.15, 0.2) is 30.3 Å². The van der Waals surface area contributed by atoms with Crippen LogP contribution in [0.25, 0.3) is 0 Å². The summed E-state index contributed by atoms with van der Waals surface area (Å²) >= 11 is 9.07. The molecule has 0 fully saturated rings. The number of alkyl halides is 1. The Labute approximate surface area is 122 Å². The molecule has 0 saturated heterocycles.